The van der Waals surface area contributed by atoms with Gasteiger partial charge in [0.15, 0.2) is 0 Å². The number of carboxylic acids is 2. The molecular formula is C31H55N4O9P. The third-order valence-electron chi connectivity index (χ3n) is 7.48. The Bertz CT molecular complexity index is 961. The average Bonchev–Trinajstić information content (AvgIpc) is 2.99. The number of aliphatic carboxylic acids is 2. The van der Waals surface area contributed by atoms with Gasteiger partial charge in [-0.15, -0.1) is 0 Å². The Hall–Kier alpha value is -1.93. The van der Waals surface area contributed by atoms with Crippen LogP contribution in [0.25, 0.3) is 0 Å². The molecule has 0 aromatic heterocycles. The number of benzene rings is 1. The summed E-state index contributed by atoms with van der Waals surface area (Å²) in [4.78, 5) is 31.1. The zero-order chi connectivity index (χ0) is 32.9. The number of ether oxygens (including phenoxy) is 1. The molecule has 1 unspecified atom stereocenters. The topological polar surface area (TPSA) is 153 Å². The van der Waals surface area contributed by atoms with Crippen LogP contribution in [0.15, 0.2) is 30.3 Å². The summed E-state index contributed by atoms with van der Waals surface area (Å²) in [6.45, 7) is 8.60. The quantitative estimate of drug-likeness (QED) is 0.139. The summed E-state index contributed by atoms with van der Waals surface area (Å²) in [5.41, 5.74) is 1.01. The van der Waals surface area contributed by atoms with Crippen LogP contribution in [0.5, 0.6) is 0 Å². The summed E-state index contributed by atoms with van der Waals surface area (Å²) >= 11 is 0. The van der Waals surface area contributed by atoms with E-state index in [1.54, 1.807) is 0 Å². The fraction of sp³-hybridized carbons (Fsp3) is 0.742. The number of rotatable bonds is 20. The fourth-order valence-corrected chi connectivity index (χ4v) is 6.72. The highest BCUT2D eigenvalue weighted by atomic mass is 31.2. The average molecular weight is 659 g/mol. The van der Waals surface area contributed by atoms with Crippen LogP contribution in [0, 0.1) is 0 Å². The molecule has 0 saturated carbocycles. The van der Waals surface area contributed by atoms with E-state index in [0.717, 1.165) is 31.2 Å². The summed E-state index contributed by atoms with van der Waals surface area (Å²) in [5.74, 6) is -1.89. The molecule has 45 heavy (non-hydrogen) atoms. The molecule has 2 rings (SSSR count). The van der Waals surface area contributed by atoms with Gasteiger partial charge in [0.25, 0.3) is 0 Å². The minimum absolute atomic E-state index is 0.0452. The third-order valence-corrected chi connectivity index (χ3v) is 9.38. The molecule has 258 valence electrons. The van der Waals surface area contributed by atoms with E-state index in [0.29, 0.717) is 78.7 Å². The third kappa shape index (κ3) is 18.1. The van der Waals surface area contributed by atoms with Gasteiger partial charge >= 0.3 is 19.5 Å². The van der Waals surface area contributed by atoms with E-state index < -0.39 is 25.6 Å². The molecule has 0 spiro atoms. The summed E-state index contributed by atoms with van der Waals surface area (Å²) in [5, 5.41) is 29.9. The van der Waals surface area contributed by atoms with Crippen molar-refractivity contribution in [3.05, 3.63) is 35.9 Å². The highest BCUT2D eigenvalue weighted by molar-refractivity contribution is 7.53. The van der Waals surface area contributed by atoms with Crippen molar-refractivity contribution in [2.45, 2.75) is 52.2 Å². The number of carbonyl (C=O) groups is 2. The molecule has 0 radical (unpaired) electrons. The smallest absolute Gasteiger partial charge is 0.344 e. The molecule has 14 heteroatoms. The van der Waals surface area contributed by atoms with Gasteiger partial charge in [-0.05, 0) is 18.4 Å². The van der Waals surface area contributed by atoms with Crippen LogP contribution < -0.4 is 0 Å². The number of carboxylic acid groups (broad SMARTS) is 2. The van der Waals surface area contributed by atoms with Gasteiger partial charge in [-0.3, -0.25) is 33.8 Å². The minimum atomic E-state index is -3.47. The first kappa shape index (κ1) is 39.2. The number of β-amino-alcohol motifs (C(OH)–C–C–N with tert-alkyl or cyclic N) is 1. The van der Waals surface area contributed by atoms with Crippen molar-refractivity contribution in [3.8, 4) is 0 Å². The minimum Gasteiger partial charge on any atom is -0.480 e. The van der Waals surface area contributed by atoms with E-state index in [2.05, 4.69) is 0 Å². The van der Waals surface area contributed by atoms with Gasteiger partial charge in [0.2, 0.25) is 0 Å². The first-order valence-corrected chi connectivity index (χ1v) is 17.9. The molecule has 1 aromatic carbocycles. The number of aliphatic hydroxyl groups excluding tert-OH is 1. The van der Waals surface area contributed by atoms with Gasteiger partial charge in [-0.1, -0.05) is 57.0 Å². The van der Waals surface area contributed by atoms with E-state index in [4.69, 9.17) is 13.8 Å². The molecule has 1 heterocycles. The molecule has 0 bridgehead atoms. The second-order valence-electron chi connectivity index (χ2n) is 11.5. The Morgan fingerprint density at radius 2 is 1.24 bits per heavy atom. The molecule has 1 aliphatic rings. The van der Waals surface area contributed by atoms with Crippen molar-refractivity contribution < 1.29 is 43.3 Å². The summed E-state index contributed by atoms with van der Waals surface area (Å²) in [6.07, 6.45) is 2.56. The van der Waals surface area contributed by atoms with Gasteiger partial charge < -0.3 is 29.1 Å². The van der Waals surface area contributed by atoms with E-state index >= 15 is 0 Å². The first-order valence-electron chi connectivity index (χ1n) is 16.1. The maximum Gasteiger partial charge on any atom is 0.344 e. The van der Waals surface area contributed by atoms with Crippen molar-refractivity contribution in [3.63, 3.8) is 0 Å². The normalized spacial score (nSPS) is 17.8. The fourth-order valence-electron chi connectivity index (χ4n) is 4.90. The van der Waals surface area contributed by atoms with Crippen LogP contribution in [0.4, 0.5) is 0 Å². The molecule has 13 nitrogen and oxygen atoms in total. The number of aliphatic hydroxyl groups is 1. The van der Waals surface area contributed by atoms with Crippen molar-refractivity contribution in [2.75, 3.05) is 98.1 Å². The summed E-state index contributed by atoms with van der Waals surface area (Å²) in [7, 11) is -3.47. The van der Waals surface area contributed by atoms with E-state index in [9.17, 15) is 29.5 Å². The highest BCUT2D eigenvalue weighted by Gasteiger charge is 2.29. The van der Waals surface area contributed by atoms with Crippen molar-refractivity contribution in [1.82, 2.24) is 19.6 Å². The second-order valence-corrected chi connectivity index (χ2v) is 13.6. The largest absolute Gasteiger partial charge is 0.480 e. The van der Waals surface area contributed by atoms with Gasteiger partial charge in [-0.2, -0.15) is 0 Å². The maximum atomic E-state index is 13.8. The number of nitrogens with zero attached hydrogens (tertiary/aromatic N) is 4. The molecule has 1 saturated heterocycles. The van der Waals surface area contributed by atoms with Crippen LogP contribution >= 0.6 is 7.60 Å². The second kappa shape index (κ2) is 22.6. The van der Waals surface area contributed by atoms with Gasteiger partial charge in [0.05, 0.1) is 45.6 Å². The van der Waals surface area contributed by atoms with Crippen molar-refractivity contribution in [2.24, 2.45) is 0 Å². The summed E-state index contributed by atoms with van der Waals surface area (Å²) < 4.78 is 31.1. The molecule has 1 atom stereocenters. The van der Waals surface area contributed by atoms with Gasteiger partial charge in [0.1, 0.15) is 6.29 Å². The predicted molar refractivity (Wildman–Crippen MR) is 172 cm³/mol. The maximum absolute atomic E-state index is 13.8. The Balaban J connectivity index is 2.12. The Labute approximate surface area is 268 Å². The lowest BCUT2D eigenvalue weighted by Crippen LogP contribution is -2.49. The Morgan fingerprint density at radius 1 is 0.778 bits per heavy atom. The lowest BCUT2D eigenvalue weighted by atomic mass is 10.2. The van der Waals surface area contributed by atoms with Gasteiger partial charge in [-0.25, -0.2) is 0 Å². The van der Waals surface area contributed by atoms with Crippen LogP contribution in [0.3, 0.4) is 0 Å². The van der Waals surface area contributed by atoms with Crippen LogP contribution in [0.2, 0.25) is 0 Å². The number of hydrogen-bond acceptors (Lipinski definition) is 11. The highest BCUT2D eigenvalue weighted by Crippen LogP contribution is 2.49. The zero-order valence-electron chi connectivity index (χ0n) is 27.1. The lowest BCUT2D eigenvalue weighted by Gasteiger charge is -2.34. The molecule has 1 aliphatic heterocycles. The lowest BCUT2D eigenvalue weighted by molar-refractivity contribution is -0.139. The predicted octanol–water partition coefficient (Wildman–Crippen LogP) is 2.74. The SMILES string of the molecule is CCCCOP(=O)(CN1CCN(CC(=O)O)CCN(CC(O)COCc2ccccc2)CCN(CC(=O)O)CC1)OCCCC. The number of hydrogen-bond donors (Lipinski definition) is 3. The van der Waals surface area contributed by atoms with Crippen molar-refractivity contribution in [1.29, 1.82) is 0 Å². The Morgan fingerprint density at radius 3 is 1.71 bits per heavy atom. The summed E-state index contributed by atoms with van der Waals surface area (Å²) in [6, 6.07) is 9.69. The Kier molecular flexibility index (Phi) is 19.7. The van der Waals surface area contributed by atoms with Crippen molar-refractivity contribution >= 4 is 19.5 Å². The molecule has 1 fully saturated rings. The van der Waals surface area contributed by atoms with Crippen LogP contribution in [0.1, 0.15) is 45.1 Å². The standard InChI is InChI=1S/C31H55N4O9P/c1-3-5-20-43-45(41,44-21-6-4-2)27-35-18-16-33(23-30(37)38)14-12-32(13-15-34(17-19-35)24-31(39)40)22-29(36)26-42-25-28-10-8-7-9-11-28/h7-11,29,36H,3-6,12-27H2,1-2H3,(H,37,38)(H,39,40). The van der Waals surface area contributed by atoms with Crippen LogP contribution in [-0.4, -0.2) is 151 Å². The molecule has 1 aromatic rings. The van der Waals surface area contributed by atoms with E-state index in [1.807, 2.05) is 63.8 Å². The van der Waals surface area contributed by atoms with E-state index in [-0.39, 0.29) is 26.0 Å². The first-order chi connectivity index (χ1) is 21.6. The van der Waals surface area contributed by atoms with Gasteiger partial charge in [0, 0.05) is 58.9 Å². The van der Waals surface area contributed by atoms with E-state index in [1.165, 1.54) is 0 Å². The number of unbranched alkanes of at least 4 members (excludes halogenated alkanes) is 2. The molecule has 3 N–H and O–H groups in total. The molecule has 0 amide bonds. The monoisotopic (exact) mass is 658 g/mol. The zero-order valence-corrected chi connectivity index (χ0v) is 28.0. The van der Waals surface area contributed by atoms with Crippen LogP contribution in [-0.2, 0) is 34.5 Å². The molecule has 0 aliphatic carbocycles. The molecular weight excluding hydrogens is 603 g/mol.